The Morgan fingerprint density at radius 2 is 0.565 bits per heavy atom. The highest BCUT2D eigenvalue weighted by molar-refractivity contribution is 5.51. The molecule has 0 saturated heterocycles. The third-order valence-corrected chi connectivity index (χ3v) is 8.16. The third-order valence-electron chi connectivity index (χ3n) is 8.16. The van der Waals surface area contributed by atoms with Crippen LogP contribution in [-0.4, -0.2) is 13.2 Å². The van der Waals surface area contributed by atoms with Gasteiger partial charge in [-0.25, -0.2) is 9.78 Å². The van der Waals surface area contributed by atoms with Gasteiger partial charge in [-0.2, -0.15) is 0 Å². The first-order chi connectivity index (χ1) is 22.7. The predicted molar refractivity (Wildman–Crippen MR) is 183 cm³/mol. The Labute approximate surface area is 271 Å². The summed E-state index contributed by atoms with van der Waals surface area (Å²) in [7, 11) is 0. The molecule has 0 fully saturated rings. The maximum absolute atomic E-state index is 7.12. The molecule has 0 bridgehead atoms. The number of rotatable bonds is 13. The van der Waals surface area contributed by atoms with Crippen LogP contribution in [0.3, 0.4) is 0 Å². The zero-order valence-electron chi connectivity index (χ0n) is 26.2. The van der Waals surface area contributed by atoms with Gasteiger partial charge in [-0.1, -0.05) is 146 Å². The Balaban J connectivity index is 1.60. The first-order valence-corrected chi connectivity index (χ1v) is 15.8. The molecule has 4 heteroatoms. The van der Waals surface area contributed by atoms with E-state index in [1.165, 1.54) is 0 Å². The number of hydrogen-bond donors (Lipinski definition) is 0. The standard InChI is InChI=1S/C42H38O4/c1-3-43-39-29-25-37(26-30-39)41(33-17-9-5-10-18-33,34-19-11-6-12-20-34)45-46-42(35-21-13-7-14-22-35,36-23-15-8-16-24-36)38-27-31-40(32-28-38)44-4-2/h5-32H,3-4H2,1-2H3. The smallest absolute Gasteiger partial charge is 0.179 e. The summed E-state index contributed by atoms with van der Waals surface area (Å²) in [6.45, 7) is 5.13. The lowest BCUT2D eigenvalue weighted by Crippen LogP contribution is -2.40. The Hall–Kier alpha value is -5.16. The first-order valence-electron chi connectivity index (χ1n) is 15.8. The van der Waals surface area contributed by atoms with E-state index in [9.17, 15) is 0 Å². The normalized spacial score (nSPS) is 11.6. The Morgan fingerprint density at radius 3 is 0.804 bits per heavy atom. The van der Waals surface area contributed by atoms with E-state index in [0.717, 1.165) is 44.9 Å². The van der Waals surface area contributed by atoms with Gasteiger partial charge < -0.3 is 9.47 Å². The summed E-state index contributed by atoms with van der Waals surface area (Å²) in [5.41, 5.74) is 3.20. The Bertz CT molecular complexity index is 1560. The molecule has 0 heterocycles. The molecule has 0 amide bonds. The SMILES string of the molecule is CCOc1ccc(C(OOC(c2ccccc2)(c2ccccc2)c2ccc(OCC)cc2)(c2ccccc2)c2ccccc2)cc1. The summed E-state index contributed by atoms with van der Waals surface area (Å²) >= 11 is 0. The molecule has 6 aromatic carbocycles. The molecule has 46 heavy (non-hydrogen) atoms. The molecule has 0 atom stereocenters. The van der Waals surface area contributed by atoms with Gasteiger partial charge in [0.1, 0.15) is 11.5 Å². The van der Waals surface area contributed by atoms with Crippen LogP contribution < -0.4 is 9.47 Å². The molecule has 230 valence electrons. The van der Waals surface area contributed by atoms with E-state index in [1.807, 2.05) is 111 Å². The van der Waals surface area contributed by atoms with Crippen molar-refractivity contribution in [3.63, 3.8) is 0 Å². The lowest BCUT2D eigenvalue weighted by atomic mass is 9.79. The second-order valence-electron chi connectivity index (χ2n) is 10.9. The van der Waals surface area contributed by atoms with Gasteiger partial charge in [0, 0.05) is 0 Å². The largest absolute Gasteiger partial charge is 0.494 e. The van der Waals surface area contributed by atoms with Gasteiger partial charge in [0.05, 0.1) is 13.2 Å². The van der Waals surface area contributed by atoms with E-state index in [2.05, 4.69) is 72.8 Å². The molecular weight excluding hydrogens is 568 g/mol. The molecule has 0 spiro atoms. The quantitative estimate of drug-likeness (QED) is 0.0745. The van der Waals surface area contributed by atoms with Crippen LogP contribution in [0.5, 0.6) is 11.5 Å². The molecular formula is C42H38O4. The fourth-order valence-electron chi connectivity index (χ4n) is 6.01. The maximum atomic E-state index is 7.12. The molecule has 0 unspecified atom stereocenters. The van der Waals surface area contributed by atoms with Crippen LogP contribution in [-0.2, 0) is 21.0 Å². The second-order valence-corrected chi connectivity index (χ2v) is 10.9. The van der Waals surface area contributed by atoms with E-state index in [0.29, 0.717) is 13.2 Å². The summed E-state index contributed by atoms with van der Waals surface area (Å²) < 4.78 is 11.6. The fourth-order valence-corrected chi connectivity index (χ4v) is 6.01. The van der Waals surface area contributed by atoms with Crippen molar-refractivity contribution in [3.05, 3.63) is 203 Å². The molecule has 0 aliphatic rings. The van der Waals surface area contributed by atoms with Gasteiger partial charge in [-0.3, -0.25) is 0 Å². The van der Waals surface area contributed by atoms with Crippen molar-refractivity contribution in [1.82, 2.24) is 0 Å². The van der Waals surface area contributed by atoms with E-state index < -0.39 is 11.2 Å². The monoisotopic (exact) mass is 606 g/mol. The number of ether oxygens (including phenoxy) is 2. The topological polar surface area (TPSA) is 36.9 Å². The van der Waals surface area contributed by atoms with Gasteiger partial charge in [0.15, 0.2) is 11.2 Å². The zero-order valence-corrected chi connectivity index (χ0v) is 26.2. The van der Waals surface area contributed by atoms with Crippen LogP contribution >= 0.6 is 0 Å². The van der Waals surface area contributed by atoms with Gasteiger partial charge in [-0.15, -0.1) is 0 Å². The van der Waals surface area contributed by atoms with Crippen LogP contribution in [0.25, 0.3) is 0 Å². The van der Waals surface area contributed by atoms with Gasteiger partial charge in [-0.05, 0) is 71.5 Å². The second kappa shape index (κ2) is 14.3. The van der Waals surface area contributed by atoms with Crippen LogP contribution in [0.2, 0.25) is 0 Å². The average Bonchev–Trinajstić information content (AvgIpc) is 3.13. The molecule has 0 radical (unpaired) electrons. The maximum Gasteiger partial charge on any atom is 0.179 e. The van der Waals surface area contributed by atoms with Crippen LogP contribution in [0.4, 0.5) is 0 Å². The van der Waals surface area contributed by atoms with E-state index in [4.69, 9.17) is 19.2 Å². The highest BCUT2D eigenvalue weighted by Gasteiger charge is 2.46. The zero-order chi connectivity index (χ0) is 31.7. The summed E-state index contributed by atoms with van der Waals surface area (Å²) in [5.74, 6) is 1.58. The first kappa shape index (κ1) is 30.8. The predicted octanol–water partition coefficient (Wildman–Crippen LogP) is 9.72. The molecule has 6 rings (SSSR count). The minimum atomic E-state index is -1.15. The molecule has 0 N–H and O–H groups in total. The highest BCUT2D eigenvalue weighted by atomic mass is 17.2. The summed E-state index contributed by atoms with van der Waals surface area (Å²) in [4.78, 5) is 14.2. The van der Waals surface area contributed by atoms with E-state index in [-0.39, 0.29) is 0 Å². The van der Waals surface area contributed by atoms with Crippen molar-refractivity contribution < 1.29 is 19.2 Å². The van der Waals surface area contributed by atoms with Crippen molar-refractivity contribution in [2.24, 2.45) is 0 Å². The summed E-state index contributed by atoms with van der Waals surface area (Å²) in [6, 6.07) is 57.0. The van der Waals surface area contributed by atoms with Crippen molar-refractivity contribution in [2.75, 3.05) is 13.2 Å². The van der Waals surface area contributed by atoms with Crippen LogP contribution in [0.15, 0.2) is 170 Å². The van der Waals surface area contributed by atoms with Crippen LogP contribution in [0.1, 0.15) is 47.2 Å². The fraction of sp³-hybridized carbons (Fsp3) is 0.143. The lowest BCUT2D eigenvalue weighted by Gasteiger charge is -2.40. The van der Waals surface area contributed by atoms with Gasteiger partial charge in [0.25, 0.3) is 0 Å². The molecule has 0 aliphatic carbocycles. The molecule has 6 aromatic rings. The average molecular weight is 607 g/mol. The third kappa shape index (κ3) is 6.05. The lowest BCUT2D eigenvalue weighted by molar-refractivity contribution is -0.388. The summed E-state index contributed by atoms with van der Waals surface area (Å²) in [6.07, 6.45) is 0. The van der Waals surface area contributed by atoms with Gasteiger partial charge >= 0.3 is 0 Å². The molecule has 0 saturated carbocycles. The van der Waals surface area contributed by atoms with E-state index in [1.54, 1.807) is 0 Å². The van der Waals surface area contributed by atoms with E-state index >= 15 is 0 Å². The minimum Gasteiger partial charge on any atom is -0.494 e. The summed E-state index contributed by atoms with van der Waals surface area (Å²) in [5, 5.41) is 0. The molecule has 0 aromatic heterocycles. The van der Waals surface area contributed by atoms with Crippen molar-refractivity contribution in [2.45, 2.75) is 25.0 Å². The Kier molecular flexibility index (Phi) is 9.59. The van der Waals surface area contributed by atoms with Crippen molar-refractivity contribution in [3.8, 4) is 11.5 Å². The molecule has 4 nitrogen and oxygen atoms in total. The van der Waals surface area contributed by atoms with Crippen molar-refractivity contribution >= 4 is 0 Å². The Morgan fingerprint density at radius 1 is 0.326 bits per heavy atom. The van der Waals surface area contributed by atoms with Crippen molar-refractivity contribution in [1.29, 1.82) is 0 Å². The number of hydrogen-bond acceptors (Lipinski definition) is 4. The minimum absolute atomic E-state index is 0.584. The highest BCUT2D eigenvalue weighted by Crippen LogP contribution is 2.47. The van der Waals surface area contributed by atoms with Gasteiger partial charge in [0.2, 0.25) is 0 Å². The molecule has 0 aliphatic heterocycles. The number of benzene rings is 6. The van der Waals surface area contributed by atoms with Crippen LogP contribution in [0, 0.1) is 0 Å².